The highest BCUT2D eigenvalue weighted by atomic mass is 16.1. The molecule has 114 valence electrons. The van der Waals surface area contributed by atoms with E-state index >= 15 is 0 Å². The number of ketones is 1. The molecule has 0 atom stereocenters. The number of nitrogens with zero attached hydrogens (tertiary/aromatic N) is 1. The molecule has 0 spiro atoms. The van der Waals surface area contributed by atoms with Crippen molar-refractivity contribution in [1.82, 2.24) is 4.90 Å². The predicted molar refractivity (Wildman–Crippen MR) is 88.8 cm³/mol. The van der Waals surface area contributed by atoms with E-state index in [2.05, 4.69) is 17.0 Å². The molecule has 1 aliphatic rings. The summed E-state index contributed by atoms with van der Waals surface area (Å²) in [5, 5.41) is 0. The van der Waals surface area contributed by atoms with Gasteiger partial charge in [0.1, 0.15) is 0 Å². The third-order valence-electron chi connectivity index (χ3n) is 4.29. The summed E-state index contributed by atoms with van der Waals surface area (Å²) in [4.78, 5) is 14.8. The van der Waals surface area contributed by atoms with Crippen LogP contribution >= 0.6 is 0 Å². The molecule has 0 saturated carbocycles. The molecule has 3 nitrogen and oxygen atoms in total. The average molecular weight is 294 g/mol. The number of hydrogen-bond acceptors (Lipinski definition) is 3. The summed E-state index contributed by atoms with van der Waals surface area (Å²) in [6.45, 7) is 3.06. The van der Waals surface area contributed by atoms with Crippen molar-refractivity contribution in [2.75, 3.05) is 13.1 Å². The summed E-state index contributed by atoms with van der Waals surface area (Å²) < 4.78 is 0. The Kier molecular flexibility index (Phi) is 4.66. The lowest BCUT2D eigenvalue weighted by Crippen LogP contribution is -2.39. The molecule has 0 amide bonds. The lowest BCUT2D eigenvalue weighted by molar-refractivity contribution is 0.103. The highest BCUT2D eigenvalue weighted by Gasteiger charge is 2.16. The van der Waals surface area contributed by atoms with Crippen molar-refractivity contribution < 1.29 is 4.79 Å². The minimum Gasteiger partial charge on any atom is -0.328 e. The maximum Gasteiger partial charge on any atom is 0.193 e. The van der Waals surface area contributed by atoms with E-state index < -0.39 is 0 Å². The van der Waals surface area contributed by atoms with Crippen molar-refractivity contribution in [3.63, 3.8) is 0 Å². The zero-order valence-corrected chi connectivity index (χ0v) is 12.7. The summed E-state index contributed by atoms with van der Waals surface area (Å²) in [6, 6.07) is 17.8. The van der Waals surface area contributed by atoms with Crippen LogP contribution in [0.1, 0.15) is 34.3 Å². The molecule has 1 heterocycles. The van der Waals surface area contributed by atoms with E-state index in [9.17, 15) is 4.79 Å². The Balaban J connectivity index is 1.64. The second-order valence-corrected chi connectivity index (χ2v) is 6.01. The van der Waals surface area contributed by atoms with E-state index in [1.165, 1.54) is 5.56 Å². The topological polar surface area (TPSA) is 46.3 Å². The molecule has 0 aromatic heterocycles. The first-order valence-corrected chi connectivity index (χ1v) is 7.89. The van der Waals surface area contributed by atoms with Crippen LogP contribution in [0.3, 0.4) is 0 Å². The number of carbonyl (C=O) groups excluding carboxylic acids is 1. The number of rotatable bonds is 4. The zero-order chi connectivity index (χ0) is 15.4. The van der Waals surface area contributed by atoms with Gasteiger partial charge in [-0.1, -0.05) is 54.6 Å². The first-order valence-electron chi connectivity index (χ1n) is 7.89. The maximum absolute atomic E-state index is 12.4. The molecule has 2 aromatic carbocycles. The Labute approximate surface area is 131 Å². The second kappa shape index (κ2) is 6.86. The molecule has 0 bridgehead atoms. The van der Waals surface area contributed by atoms with Crippen LogP contribution in [0.5, 0.6) is 0 Å². The second-order valence-electron chi connectivity index (χ2n) is 6.01. The molecule has 3 rings (SSSR count). The van der Waals surface area contributed by atoms with E-state index in [4.69, 9.17) is 5.73 Å². The molecule has 2 N–H and O–H groups in total. The van der Waals surface area contributed by atoms with E-state index in [1.54, 1.807) is 0 Å². The van der Waals surface area contributed by atoms with E-state index in [1.807, 2.05) is 42.5 Å². The molecule has 1 saturated heterocycles. The Morgan fingerprint density at radius 3 is 2.18 bits per heavy atom. The number of carbonyl (C=O) groups is 1. The van der Waals surface area contributed by atoms with Crippen molar-refractivity contribution in [2.24, 2.45) is 5.73 Å². The monoisotopic (exact) mass is 294 g/mol. The third-order valence-corrected chi connectivity index (χ3v) is 4.29. The van der Waals surface area contributed by atoms with Crippen molar-refractivity contribution in [3.8, 4) is 0 Å². The van der Waals surface area contributed by atoms with Gasteiger partial charge < -0.3 is 5.73 Å². The first kappa shape index (κ1) is 14.9. The van der Waals surface area contributed by atoms with Crippen LogP contribution in [-0.4, -0.2) is 29.8 Å². The quantitative estimate of drug-likeness (QED) is 0.882. The van der Waals surface area contributed by atoms with Crippen LogP contribution in [0.15, 0.2) is 54.6 Å². The number of hydrogen-bond donors (Lipinski definition) is 1. The molecule has 22 heavy (non-hydrogen) atoms. The highest BCUT2D eigenvalue weighted by Crippen LogP contribution is 2.15. The summed E-state index contributed by atoms with van der Waals surface area (Å²) >= 11 is 0. The van der Waals surface area contributed by atoms with Crippen LogP contribution in [0.25, 0.3) is 0 Å². The van der Waals surface area contributed by atoms with E-state index in [0.717, 1.165) is 43.6 Å². The highest BCUT2D eigenvalue weighted by molar-refractivity contribution is 6.08. The van der Waals surface area contributed by atoms with Crippen molar-refractivity contribution in [1.29, 1.82) is 0 Å². The standard InChI is InChI=1S/C19H22N2O/c20-18-10-12-21(13-11-18)14-15-6-8-17(9-7-15)19(22)16-4-2-1-3-5-16/h1-9,18H,10-14,20H2. The molecular formula is C19H22N2O. The van der Waals surface area contributed by atoms with Gasteiger partial charge >= 0.3 is 0 Å². The van der Waals surface area contributed by atoms with Gasteiger partial charge in [-0.05, 0) is 31.5 Å². The lowest BCUT2D eigenvalue weighted by atomic mass is 10.0. The number of piperidine rings is 1. The number of nitrogens with two attached hydrogens (primary N) is 1. The minimum absolute atomic E-state index is 0.0797. The molecule has 1 fully saturated rings. The summed E-state index contributed by atoms with van der Waals surface area (Å²) in [5.74, 6) is 0.0797. The maximum atomic E-state index is 12.4. The number of likely N-dealkylation sites (tertiary alicyclic amines) is 1. The largest absolute Gasteiger partial charge is 0.328 e. The van der Waals surface area contributed by atoms with Gasteiger partial charge in [0.2, 0.25) is 0 Å². The molecule has 1 aliphatic heterocycles. The van der Waals surface area contributed by atoms with Crippen LogP contribution in [0.4, 0.5) is 0 Å². The Hall–Kier alpha value is -1.97. The van der Waals surface area contributed by atoms with Gasteiger partial charge in [0, 0.05) is 23.7 Å². The van der Waals surface area contributed by atoms with Gasteiger partial charge in [0.05, 0.1) is 0 Å². The summed E-state index contributed by atoms with van der Waals surface area (Å²) in [5.41, 5.74) is 8.67. The fraction of sp³-hybridized carbons (Fsp3) is 0.316. The van der Waals surface area contributed by atoms with Gasteiger partial charge in [-0.15, -0.1) is 0 Å². The van der Waals surface area contributed by atoms with E-state index in [0.29, 0.717) is 6.04 Å². The van der Waals surface area contributed by atoms with Gasteiger partial charge in [-0.25, -0.2) is 0 Å². The average Bonchev–Trinajstić information content (AvgIpc) is 2.58. The van der Waals surface area contributed by atoms with Gasteiger partial charge in [0.15, 0.2) is 5.78 Å². The Bertz CT molecular complexity index is 614. The Morgan fingerprint density at radius 2 is 1.55 bits per heavy atom. The van der Waals surface area contributed by atoms with Crippen molar-refractivity contribution in [3.05, 3.63) is 71.3 Å². The SMILES string of the molecule is NC1CCN(Cc2ccc(C(=O)c3ccccc3)cc2)CC1. The Morgan fingerprint density at radius 1 is 0.955 bits per heavy atom. The minimum atomic E-state index is 0.0797. The molecule has 2 aromatic rings. The zero-order valence-electron chi connectivity index (χ0n) is 12.7. The molecule has 0 aliphatic carbocycles. The van der Waals surface area contributed by atoms with Crippen LogP contribution in [0.2, 0.25) is 0 Å². The van der Waals surface area contributed by atoms with Crippen molar-refractivity contribution in [2.45, 2.75) is 25.4 Å². The van der Waals surface area contributed by atoms with Gasteiger partial charge in [-0.2, -0.15) is 0 Å². The molecule has 0 radical (unpaired) electrons. The molecule has 0 unspecified atom stereocenters. The van der Waals surface area contributed by atoms with Gasteiger partial charge in [0.25, 0.3) is 0 Å². The fourth-order valence-electron chi connectivity index (χ4n) is 2.89. The normalized spacial score (nSPS) is 16.6. The van der Waals surface area contributed by atoms with Gasteiger partial charge in [-0.3, -0.25) is 9.69 Å². The van der Waals surface area contributed by atoms with E-state index in [-0.39, 0.29) is 5.78 Å². The molecule has 3 heteroatoms. The van der Waals surface area contributed by atoms with Crippen molar-refractivity contribution >= 4 is 5.78 Å². The van der Waals surface area contributed by atoms with Crippen LogP contribution < -0.4 is 5.73 Å². The first-order chi connectivity index (χ1) is 10.7. The fourth-order valence-corrected chi connectivity index (χ4v) is 2.89. The molecular weight excluding hydrogens is 272 g/mol. The summed E-state index contributed by atoms with van der Waals surface area (Å²) in [7, 11) is 0. The third kappa shape index (κ3) is 3.62. The van der Waals surface area contributed by atoms with Crippen LogP contribution in [-0.2, 0) is 6.54 Å². The lowest BCUT2D eigenvalue weighted by Gasteiger charge is -2.30. The number of benzene rings is 2. The smallest absolute Gasteiger partial charge is 0.193 e. The predicted octanol–water partition coefficient (Wildman–Crippen LogP) is 2.84. The van der Waals surface area contributed by atoms with Crippen LogP contribution in [0, 0.1) is 0 Å². The summed E-state index contributed by atoms with van der Waals surface area (Å²) in [6.07, 6.45) is 2.15.